The number of para-hydroxylation sites is 1. The lowest BCUT2D eigenvalue weighted by Gasteiger charge is -2.27. The normalized spacial score (nSPS) is 13.3. The Balaban J connectivity index is 1.82. The summed E-state index contributed by atoms with van der Waals surface area (Å²) >= 11 is 1.48. The third kappa shape index (κ3) is 6.86. The van der Waals surface area contributed by atoms with Crippen LogP contribution in [0.1, 0.15) is 42.9 Å². The number of benzene rings is 2. The lowest BCUT2D eigenvalue weighted by molar-refractivity contribution is -0.147. The molecule has 2 aromatic carbocycles. The van der Waals surface area contributed by atoms with Gasteiger partial charge in [-0.3, -0.25) is 9.59 Å². The van der Waals surface area contributed by atoms with E-state index in [-0.39, 0.29) is 17.8 Å². The summed E-state index contributed by atoms with van der Waals surface area (Å²) in [6.45, 7) is 8.45. The molecule has 0 amide bonds. The lowest BCUT2D eigenvalue weighted by Crippen LogP contribution is -2.40. The van der Waals surface area contributed by atoms with Gasteiger partial charge in [0.25, 0.3) is 0 Å². The molecule has 2 atom stereocenters. The van der Waals surface area contributed by atoms with E-state index in [9.17, 15) is 9.59 Å². The number of fused-ring (bicyclic) bond motifs is 1. The van der Waals surface area contributed by atoms with E-state index in [1.165, 1.54) is 11.3 Å². The average Bonchev–Trinajstić information content (AvgIpc) is 3.18. The second-order valence-corrected chi connectivity index (χ2v) is 11.1. The standard InChI is InChI=1S/C25H30NO4PS/c1-17(2)15-29-25(28)24(18(3)4)26-31(30-21-8-6-5-7-9-21)16-19-10-11-23-20(12-19)13-22(14-27)32-23/h5-14,17-18,24,26H,15-16H2,1-4H3. The monoisotopic (exact) mass is 471 g/mol. The Morgan fingerprint density at radius 1 is 1.09 bits per heavy atom. The molecule has 0 saturated heterocycles. The first-order valence-corrected chi connectivity index (χ1v) is 13.0. The summed E-state index contributed by atoms with van der Waals surface area (Å²) in [4.78, 5) is 24.6. The van der Waals surface area contributed by atoms with Crippen LogP contribution in [0.2, 0.25) is 0 Å². The van der Waals surface area contributed by atoms with Gasteiger partial charge < -0.3 is 9.26 Å². The van der Waals surface area contributed by atoms with Gasteiger partial charge in [0, 0.05) is 10.9 Å². The maximum absolute atomic E-state index is 12.8. The summed E-state index contributed by atoms with van der Waals surface area (Å²) in [5, 5.41) is 4.50. The largest absolute Gasteiger partial charge is 0.464 e. The Labute approximate surface area is 195 Å². The van der Waals surface area contributed by atoms with E-state index in [1.807, 2.05) is 70.2 Å². The number of nitrogens with one attached hydrogen (secondary N) is 1. The molecule has 0 spiro atoms. The Morgan fingerprint density at radius 3 is 2.50 bits per heavy atom. The minimum atomic E-state index is -1.21. The molecule has 3 rings (SSSR count). The molecular formula is C25H30NO4PS. The fourth-order valence-corrected chi connectivity index (χ4v) is 5.80. The van der Waals surface area contributed by atoms with E-state index < -0.39 is 14.3 Å². The molecule has 0 saturated carbocycles. The zero-order valence-corrected chi connectivity index (χ0v) is 20.6. The van der Waals surface area contributed by atoms with Gasteiger partial charge in [-0.15, -0.1) is 11.3 Å². The number of ether oxygens (including phenoxy) is 1. The molecule has 5 nitrogen and oxygen atoms in total. The molecule has 0 aliphatic heterocycles. The van der Waals surface area contributed by atoms with Crippen molar-refractivity contribution in [3.05, 3.63) is 65.0 Å². The van der Waals surface area contributed by atoms with Gasteiger partial charge in [-0.25, -0.2) is 5.09 Å². The maximum atomic E-state index is 12.8. The highest BCUT2D eigenvalue weighted by molar-refractivity contribution is 7.50. The molecule has 0 radical (unpaired) electrons. The van der Waals surface area contributed by atoms with Crippen LogP contribution in [0.15, 0.2) is 54.6 Å². The predicted molar refractivity (Wildman–Crippen MR) is 132 cm³/mol. The average molecular weight is 472 g/mol. The molecule has 170 valence electrons. The van der Waals surface area contributed by atoms with Crippen LogP contribution >= 0.6 is 19.6 Å². The fourth-order valence-electron chi connectivity index (χ4n) is 3.12. The molecule has 7 heteroatoms. The minimum Gasteiger partial charge on any atom is -0.464 e. The highest BCUT2D eigenvalue weighted by atomic mass is 32.1. The van der Waals surface area contributed by atoms with Crippen LogP contribution in [0.3, 0.4) is 0 Å². The molecule has 1 heterocycles. The number of esters is 1. The molecule has 32 heavy (non-hydrogen) atoms. The molecule has 2 unspecified atom stereocenters. The molecule has 0 aliphatic carbocycles. The molecular weight excluding hydrogens is 441 g/mol. The summed E-state index contributed by atoms with van der Waals surface area (Å²) in [7, 11) is -1.21. The van der Waals surface area contributed by atoms with Crippen molar-refractivity contribution in [3.63, 3.8) is 0 Å². The number of hydrogen-bond donors (Lipinski definition) is 1. The van der Waals surface area contributed by atoms with E-state index in [1.54, 1.807) is 0 Å². The summed E-state index contributed by atoms with van der Waals surface area (Å²) in [6.07, 6.45) is 1.50. The van der Waals surface area contributed by atoms with Crippen molar-refractivity contribution < 1.29 is 18.8 Å². The van der Waals surface area contributed by atoms with Crippen LogP contribution < -0.4 is 9.61 Å². The SMILES string of the molecule is CC(C)COC(=O)C(NP(Cc1ccc2sc(C=O)cc2c1)Oc1ccccc1)C(C)C. The van der Waals surface area contributed by atoms with Crippen LogP contribution in [0.4, 0.5) is 0 Å². The second-order valence-electron chi connectivity index (χ2n) is 8.45. The highest BCUT2D eigenvalue weighted by Crippen LogP contribution is 2.40. The van der Waals surface area contributed by atoms with E-state index in [0.29, 0.717) is 17.6 Å². The van der Waals surface area contributed by atoms with Crippen molar-refractivity contribution >= 4 is 42.0 Å². The van der Waals surface area contributed by atoms with Crippen molar-refractivity contribution in [2.45, 2.75) is 39.9 Å². The second kappa shape index (κ2) is 11.6. The van der Waals surface area contributed by atoms with E-state index in [2.05, 4.69) is 17.2 Å². The van der Waals surface area contributed by atoms with Crippen molar-refractivity contribution in [2.24, 2.45) is 11.8 Å². The summed E-state index contributed by atoms with van der Waals surface area (Å²) in [6, 6.07) is 17.3. The van der Waals surface area contributed by atoms with Gasteiger partial charge in [-0.05, 0) is 53.1 Å². The van der Waals surface area contributed by atoms with Gasteiger partial charge in [0.15, 0.2) is 14.6 Å². The summed E-state index contributed by atoms with van der Waals surface area (Å²) < 4.78 is 12.9. The zero-order chi connectivity index (χ0) is 23.1. The number of carbonyl (C=O) groups excluding carboxylic acids is 2. The first kappa shape index (κ1) is 24.4. The van der Waals surface area contributed by atoms with E-state index in [0.717, 1.165) is 27.7 Å². The van der Waals surface area contributed by atoms with Crippen molar-refractivity contribution in [2.75, 3.05) is 6.61 Å². The smallest absolute Gasteiger partial charge is 0.323 e. The third-order valence-corrected chi connectivity index (χ3v) is 7.45. The van der Waals surface area contributed by atoms with E-state index >= 15 is 0 Å². The van der Waals surface area contributed by atoms with Gasteiger partial charge in [0.05, 0.1) is 11.5 Å². The predicted octanol–water partition coefficient (Wildman–Crippen LogP) is 6.42. The number of aldehydes is 1. The maximum Gasteiger partial charge on any atom is 0.323 e. The molecule has 0 fully saturated rings. The number of rotatable bonds is 11. The fraction of sp³-hybridized carbons (Fsp3) is 0.360. The van der Waals surface area contributed by atoms with Crippen molar-refractivity contribution in [1.29, 1.82) is 0 Å². The van der Waals surface area contributed by atoms with E-state index in [4.69, 9.17) is 9.26 Å². The molecule has 1 aromatic heterocycles. The first-order valence-electron chi connectivity index (χ1n) is 10.8. The van der Waals surface area contributed by atoms with Crippen LogP contribution in [0, 0.1) is 11.8 Å². The topological polar surface area (TPSA) is 64.6 Å². The molecule has 0 aliphatic rings. The van der Waals surface area contributed by atoms with Gasteiger partial charge in [-0.2, -0.15) is 0 Å². The van der Waals surface area contributed by atoms with Crippen LogP contribution in [-0.4, -0.2) is 24.9 Å². The number of hydrogen-bond acceptors (Lipinski definition) is 6. The van der Waals surface area contributed by atoms with Crippen LogP contribution in [0.25, 0.3) is 10.1 Å². The zero-order valence-electron chi connectivity index (χ0n) is 18.9. The Kier molecular flexibility index (Phi) is 8.80. The van der Waals surface area contributed by atoms with Crippen molar-refractivity contribution in [1.82, 2.24) is 5.09 Å². The van der Waals surface area contributed by atoms with Crippen molar-refractivity contribution in [3.8, 4) is 5.75 Å². The Hall–Kier alpha value is -2.27. The third-order valence-electron chi connectivity index (χ3n) is 4.76. The Morgan fingerprint density at radius 2 is 1.84 bits per heavy atom. The quantitative estimate of drug-likeness (QED) is 0.199. The van der Waals surface area contributed by atoms with Gasteiger partial charge in [-0.1, -0.05) is 52.0 Å². The molecule has 3 aromatic rings. The number of thiophene rings is 1. The summed E-state index contributed by atoms with van der Waals surface area (Å²) in [5.74, 6) is 0.835. The number of carbonyl (C=O) groups is 2. The first-order chi connectivity index (χ1) is 15.4. The molecule has 0 bridgehead atoms. The van der Waals surface area contributed by atoms with Crippen LogP contribution in [-0.2, 0) is 15.7 Å². The lowest BCUT2D eigenvalue weighted by atomic mass is 10.1. The van der Waals surface area contributed by atoms with Gasteiger partial charge in [0.2, 0.25) is 0 Å². The minimum absolute atomic E-state index is 0.0496. The van der Waals surface area contributed by atoms with Gasteiger partial charge in [0.1, 0.15) is 11.8 Å². The highest BCUT2D eigenvalue weighted by Gasteiger charge is 2.28. The van der Waals surface area contributed by atoms with Crippen LogP contribution in [0.5, 0.6) is 5.75 Å². The van der Waals surface area contributed by atoms with Gasteiger partial charge >= 0.3 is 5.97 Å². The summed E-state index contributed by atoms with van der Waals surface area (Å²) in [5.41, 5.74) is 1.08. The Bertz CT molecular complexity index is 1030. The molecule has 1 N–H and O–H groups in total.